The second-order valence-electron chi connectivity index (χ2n) is 6.35. The van der Waals surface area contributed by atoms with Crippen LogP contribution in [0.25, 0.3) is 11.0 Å². The van der Waals surface area contributed by atoms with E-state index < -0.39 is 5.54 Å². The van der Waals surface area contributed by atoms with E-state index in [0.717, 1.165) is 29.6 Å². The lowest BCUT2D eigenvalue weighted by molar-refractivity contribution is 0.251. The summed E-state index contributed by atoms with van der Waals surface area (Å²) in [5, 5.41) is 2.87. The van der Waals surface area contributed by atoms with Crippen molar-refractivity contribution in [1.29, 1.82) is 0 Å². The average Bonchev–Trinajstić information content (AvgIpc) is 3.23. The van der Waals surface area contributed by atoms with Crippen LogP contribution >= 0.6 is 12.2 Å². The monoisotopic (exact) mass is 334 g/mol. The quantitative estimate of drug-likeness (QED) is 0.673. The van der Waals surface area contributed by atoms with Gasteiger partial charge in [-0.15, -0.1) is 0 Å². The molecule has 2 amide bonds. The van der Waals surface area contributed by atoms with Gasteiger partial charge in [0.2, 0.25) is 0 Å². The maximum absolute atomic E-state index is 12.7. The zero-order valence-corrected chi connectivity index (χ0v) is 13.6. The SMILES string of the molecule is O=C1NC(=S)C2(Cc3ccccc3C2)N1c1ccc2nc[nH]c2c1. The number of carbonyl (C=O) groups excluding carboxylic acids is 1. The van der Waals surface area contributed by atoms with Crippen LogP contribution in [-0.2, 0) is 12.8 Å². The van der Waals surface area contributed by atoms with E-state index in [2.05, 4.69) is 27.4 Å². The van der Waals surface area contributed by atoms with Gasteiger partial charge in [-0.2, -0.15) is 0 Å². The highest BCUT2D eigenvalue weighted by molar-refractivity contribution is 7.80. The summed E-state index contributed by atoms with van der Waals surface area (Å²) in [4.78, 5) is 22.4. The molecule has 2 heterocycles. The minimum absolute atomic E-state index is 0.160. The molecule has 0 atom stereocenters. The molecule has 1 spiro atoms. The third kappa shape index (κ3) is 1.71. The number of imidazole rings is 1. The fourth-order valence-electron chi connectivity index (χ4n) is 3.91. The molecule has 5 nitrogen and oxygen atoms in total. The zero-order chi connectivity index (χ0) is 16.3. The molecule has 3 aromatic rings. The van der Waals surface area contributed by atoms with Gasteiger partial charge in [0, 0.05) is 18.5 Å². The molecule has 0 radical (unpaired) electrons. The molecule has 118 valence electrons. The number of hydrogen-bond donors (Lipinski definition) is 2. The number of benzene rings is 2. The normalized spacial score (nSPS) is 18.4. The first kappa shape index (κ1) is 13.7. The minimum Gasteiger partial charge on any atom is -0.345 e. The maximum Gasteiger partial charge on any atom is 0.327 e. The van der Waals surface area contributed by atoms with Crippen molar-refractivity contribution in [2.75, 3.05) is 4.90 Å². The second kappa shape index (κ2) is 4.64. The lowest BCUT2D eigenvalue weighted by Crippen LogP contribution is -2.50. The van der Waals surface area contributed by atoms with Crippen LogP contribution in [0.5, 0.6) is 0 Å². The Labute approximate surface area is 143 Å². The van der Waals surface area contributed by atoms with Gasteiger partial charge >= 0.3 is 6.03 Å². The van der Waals surface area contributed by atoms with Crippen LogP contribution in [-0.4, -0.2) is 26.5 Å². The molecular formula is C18H14N4OS. The highest BCUT2D eigenvalue weighted by Gasteiger charge is 2.53. The lowest BCUT2D eigenvalue weighted by Gasteiger charge is -2.33. The molecule has 2 aromatic carbocycles. The average molecular weight is 334 g/mol. The first-order valence-corrected chi connectivity index (χ1v) is 8.24. The van der Waals surface area contributed by atoms with Crippen LogP contribution in [0.3, 0.4) is 0 Å². The Kier molecular flexibility index (Phi) is 2.65. The van der Waals surface area contributed by atoms with Crippen molar-refractivity contribution in [2.24, 2.45) is 0 Å². The minimum atomic E-state index is -0.510. The van der Waals surface area contributed by atoms with Crippen molar-refractivity contribution in [3.05, 3.63) is 59.9 Å². The van der Waals surface area contributed by atoms with E-state index in [-0.39, 0.29) is 6.03 Å². The topological polar surface area (TPSA) is 61.0 Å². The van der Waals surface area contributed by atoms with Crippen molar-refractivity contribution in [3.8, 4) is 0 Å². The number of thiocarbonyl (C=S) groups is 1. The number of aromatic nitrogens is 2. The largest absolute Gasteiger partial charge is 0.345 e. The molecule has 1 aliphatic heterocycles. The summed E-state index contributed by atoms with van der Waals surface area (Å²) in [5.41, 5.74) is 4.61. The van der Waals surface area contributed by atoms with E-state index in [1.165, 1.54) is 11.1 Å². The molecular weight excluding hydrogens is 320 g/mol. The molecule has 1 fully saturated rings. The van der Waals surface area contributed by atoms with E-state index in [1.54, 1.807) is 6.33 Å². The van der Waals surface area contributed by atoms with Gasteiger partial charge in [-0.25, -0.2) is 9.78 Å². The van der Waals surface area contributed by atoms with Gasteiger partial charge in [0.25, 0.3) is 0 Å². The number of aromatic amines is 1. The van der Waals surface area contributed by atoms with Gasteiger partial charge in [0.15, 0.2) is 0 Å². The van der Waals surface area contributed by atoms with E-state index in [9.17, 15) is 4.79 Å². The number of fused-ring (bicyclic) bond motifs is 2. The summed E-state index contributed by atoms with van der Waals surface area (Å²) in [6, 6.07) is 14.0. The molecule has 24 heavy (non-hydrogen) atoms. The molecule has 5 rings (SSSR count). The van der Waals surface area contributed by atoms with Crippen molar-refractivity contribution in [1.82, 2.24) is 15.3 Å². The second-order valence-corrected chi connectivity index (χ2v) is 6.76. The first-order chi connectivity index (χ1) is 11.7. The Morgan fingerprint density at radius 2 is 1.88 bits per heavy atom. The summed E-state index contributed by atoms with van der Waals surface area (Å²) in [5.74, 6) is 0. The smallest absolute Gasteiger partial charge is 0.327 e. The van der Waals surface area contributed by atoms with Crippen LogP contribution < -0.4 is 10.2 Å². The van der Waals surface area contributed by atoms with Crippen molar-refractivity contribution in [3.63, 3.8) is 0 Å². The molecule has 0 saturated carbocycles. The Bertz CT molecular complexity index is 984. The summed E-state index contributed by atoms with van der Waals surface area (Å²) < 4.78 is 0. The number of H-pyrrole nitrogens is 1. The van der Waals surface area contributed by atoms with Gasteiger partial charge in [-0.1, -0.05) is 36.5 Å². The summed E-state index contributed by atoms with van der Waals surface area (Å²) >= 11 is 5.58. The van der Waals surface area contributed by atoms with Crippen molar-refractivity contribution < 1.29 is 4.79 Å². The number of urea groups is 1. The van der Waals surface area contributed by atoms with Gasteiger partial charge in [-0.3, -0.25) is 10.2 Å². The maximum atomic E-state index is 12.7. The molecule has 0 bridgehead atoms. The summed E-state index contributed by atoms with van der Waals surface area (Å²) in [6.45, 7) is 0. The molecule has 6 heteroatoms. The highest BCUT2D eigenvalue weighted by Crippen LogP contribution is 2.41. The van der Waals surface area contributed by atoms with Crippen LogP contribution in [0.4, 0.5) is 10.5 Å². The highest BCUT2D eigenvalue weighted by atomic mass is 32.1. The van der Waals surface area contributed by atoms with Gasteiger partial charge in [0.05, 0.1) is 17.4 Å². The molecule has 1 saturated heterocycles. The molecule has 1 aromatic heterocycles. The van der Waals surface area contributed by atoms with E-state index >= 15 is 0 Å². The van der Waals surface area contributed by atoms with Crippen LogP contribution in [0, 0.1) is 0 Å². The molecule has 0 unspecified atom stereocenters. The number of hydrogen-bond acceptors (Lipinski definition) is 3. The number of carbonyl (C=O) groups is 1. The number of nitrogens with one attached hydrogen (secondary N) is 2. The molecule has 2 N–H and O–H groups in total. The standard InChI is InChI=1S/C18H14N4OS/c23-17-21-16(24)18(8-11-3-1-2-4-12(11)9-18)22(17)13-5-6-14-15(7-13)20-10-19-14/h1-7,10H,8-9H2,(H,19,20)(H,21,23,24). The molecule has 2 aliphatic rings. The lowest BCUT2D eigenvalue weighted by atomic mass is 9.94. The Morgan fingerprint density at radius 3 is 2.62 bits per heavy atom. The van der Waals surface area contributed by atoms with Crippen molar-refractivity contribution in [2.45, 2.75) is 18.4 Å². The van der Waals surface area contributed by atoms with Crippen LogP contribution in [0.1, 0.15) is 11.1 Å². The number of nitrogens with zero attached hydrogens (tertiary/aromatic N) is 2. The summed E-state index contributed by atoms with van der Waals surface area (Å²) in [7, 11) is 0. The zero-order valence-electron chi connectivity index (χ0n) is 12.7. The fourth-order valence-corrected chi connectivity index (χ4v) is 4.23. The third-order valence-corrected chi connectivity index (χ3v) is 5.50. The van der Waals surface area contributed by atoms with Crippen molar-refractivity contribution >= 4 is 40.0 Å². The van der Waals surface area contributed by atoms with E-state index in [4.69, 9.17) is 12.2 Å². The Morgan fingerprint density at radius 1 is 1.12 bits per heavy atom. The number of rotatable bonds is 1. The Hall–Kier alpha value is -2.73. The van der Waals surface area contributed by atoms with Crippen LogP contribution in [0.2, 0.25) is 0 Å². The van der Waals surface area contributed by atoms with Crippen LogP contribution in [0.15, 0.2) is 48.8 Å². The predicted octanol–water partition coefficient (Wildman–Crippen LogP) is 2.96. The Balaban J connectivity index is 1.66. The fraction of sp³-hybridized carbons (Fsp3) is 0.167. The van der Waals surface area contributed by atoms with Gasteiger partial charge in [-0.05, 0) is 29.3 Å². The van der Waals surface area contributed by atoms with Gasteiger partial charge in [0.1, 0.15) is 10.5 Å². The third-order valence-electron chi connectivity index (χ3n) is 5.02. The van der Waals surface area contributed by atoms with Gasteiger partial charge < -0.3 is 4.98 Å². The molecule has 1 aliphatic carbocycles. The predicted molar refractivity (Wildman–Crippen MR) is 96.3 cm³/mol. The summed E-state index contributed by atoms with van der Waals surface area (Å²) in [6.07, 6.45) is 3.13. The van der Waals surface area contributed by atoms with E-state index in [1.807, 2.05) is 35.2 Å². The van der Waals surface area contributed by atoms with E-state index in [0.29, 0.717) is 4.99 Å². The number of amides is 2. The number of anilines is 1. The first-order valence-electron chi connectivity index (χ1n) is 7.83.